The molecule has 0 fully saturated rings. The van der Waals surface area contributed by atoms with Gasteiger partial charge in [0.05, 0.1) is 8.59 Å². The van der Waals surface area contributed by atoms with Gasteiger partial charge in [0, 0.05) is 17.2 Å². The van der Waals surface area contributed by atoms with Crippen molar-refractivity contribution in [2.45, 2.75) is 19.8 Å². The summed E-state index contributed by atoms with van der Waals surface area (Å²) >= 11 is 8.19. The van der Waals surface area contributed by atoms with Gasteiger partial charge in [-0.15, -0.1) is 0 Å². The quantitative estimate of drug-likeness (QED) is 0.558. The first-order chi connectivity index (χ1) is 11.1. The third kappa shape index (κ3) is 3.50. The molecule has 0 saturated carbocycles. The number of aromatic nitrogens is 2. The number of hydrogen-bond acceptors (Lipinski definition) is 4. The van der Waals surface area contributed by atoms with Gasteiger partial charge in [0.1, 0.15) is 5.75 Å². The molecule has 1 N–H and O–H groups in total. The number of nitrogens with zero attached hydrogens (tertiary/aromatic N) is 2. The van der Waals surface area contributed by atoms with Gasteiger partial charge in [0.25, 0.3) is 5.89 Å². The molecule has 1 aromatic heterocycles. The zero-order valence-corrected chi connectivity index (χ0v) is 15.3. The third-order valence-corrected chi connectivity index (χ3v) is 4.62. The Hall–Kier alpha value is -1.60. The Morgan fingerprint density at radius 2 is 1.96 bits per heavy atom. The third-order valence-electron chi connectivity index (χ3n) is 3.44. The van der Waals surface area contributed by atoms with Gasteiger partial charge in [-0.1, -0.05) is 42.2 Å². The summed E-state index contributed by atoms with van der Waals surface area (Å²) in [4.78, 5) is 4.41. The fourth-order valence-corrected chi connectivity index (χ4v) is 2.97. The van der Waals surface area contributed by atoms with Crippen molar-refractivity contribution in [3.05, 3.63) is 50.6 Å². The van der Waals surface area contributed by atoms with Crippen LogP contribution in [0, 0.1) is 3.57 Å². The minimum Gasteiger partial charge on any atom is -0.507 e. The van der Waals surface area contributed by atoms with Crippen LogP contribution in [0.1, 0.15) is 18.9 Å². The molecule has 23 heavy (non-hydrogen) atoms. The van der Waals surface area contributed by atoms with Crippen molar-refractivity contribution in [1.29, 1.82) is 0 Å². The summed E-state index contributed by atoms with van der Waals surface area (Å²) in [5, 5.41) is 14.0. The van der Waals surface area contributed by atoms with Crippen LogP contribution in [0.25, 0.3) is 22.8 Å². The lowest BCUT2D eigenvalue weighted by molar-refractivity contribution is 0.432. The molecular weight excluding hydrogens is 427 g/mol. The minimum atomic E-state index is 0.134. The number of halogens is 2. The van der Waals surface area contributed by atoms with Crippen LogP contribution in [-0.2, 0) is 6.42 Å². The van der Waals surface area contributed by atoms with Gasteiger partial charge in [0.2, 0.25) is 5.82 Å². The SMILES string of the molecule is CCCc1ccc(-c2nc(-c3cc(I)c(O)cc3Cl)no2)cc1. The maximum Gasteiger partial charge on any atom is 0.258 e. The van der Waals surface area contributed by atoms with E-state index >= 15 is 0 Å². The number of aryl methyl sites for hydroxylation is 1. The lowest BCUT2D eigenvalue weighted by Gasteiger charge is -2.02. The van der Waals surface area contributed by atoms with Crippen LogP contribution >= 0.6 is 34.2 Å². The first kappa shape index (κ1) is 16.3. The predicted octanol–water partition coefficient (Wildman–Crippen LogP) is 5.32. The van der Waals surface area contributed by atoms with Crippen LogP contribution in [-0.4, -0.2) is 15.2 Å². The standard InChI is InChI=1S/C17H14ClIN2O2/c1-2-3-10-4-6-11(7-5-10)17-20-16(21-23-17)12-8-14(19)15(22)9-13(12)18/h4-9,22H,2-3H2,1H3. The molecule has 0 aliphatic rings. The first-order valence-corrected chi connectivity index (χ1v) is 8.65. The predicted molar refractivity (Wildman–Crippen MR) is 98.6 cm³/mol. The summed E-state index contributed by atoms with van der Waals surface area (Å²) in [7, 11) is 0. The molecule has 0 amide bonds. The second kappa shape index (κ2) is 6.88. The summed E-state index contributed by atoms with van der Waals surface area (Å²) in [6.45, 7) is 2.15. The Morgan fingerprint density at radius 1 is 1.22 bits per heavy atom. The smallest absolute Gasteiger partial charge is 0.258 e. The Morgan fingerprint density at radius 3 is 2.65 bits per heavy atom. The van der Waals surface area contributed by atoms with E-state index in [0.29, 0.717) is 25.9 Å². The van der Waals surface area contributed by atoms with E-state index in [1.807, 2.05) is 34.7 Å². The second-order valence-corrected chi connectivity index (χ2v) is 6.72. The number of aromatic hydroxyl groups is 1. The van der Waals surface area contributed by atoms with Gasteiger partial charge in [-0.25, -0.2) is 0 Å². The van der Waals surface area contributed by atoms with E-state index in [4.69, 9.17) is 16.1 Å². The van der Waals surface area contributed by atoms with Gasteiger partial charge in [-0.3, -0.25) is 0 Å². The Kier molecular flexibility index (Phi) is 4.87. The van der Waals surface area contributed by atoms with E-state index in [1.165, 1.54) is 11.6 Å². The van der Waals surface area contributed by atoms with E-state index in [1.54, 1.807) is 6.07 Å². The van der Waals surface area contributed by atoms with Crippen LogP contribution in [0.2, 0.25) is 5.02 Å². The Bertz CT molecular complexity index is 831. The summed E-state index contributed by atoms with van der Waals surface area (Å²) in [5.74, 6) is 0.984. The van der Waals surface area contributed by atoms with Crippen LogP contribution in [0.15, 0.2) is 40.9 Å². The highest BCUT2D eigenvalue weighted by Gasteiger charge is 2.15. The van der Waals surface area contributed by atoms with Gasteiger partial charge >= 0.3 is 0 Å². The molecule has 0 unspecified atom stereocenters. The summed E-state index contributed by atoms with van der Waals surface area (Å²) < 4.78 is 6.02. The zero-order chi connectivity index (χ0) is 16.4. The molecule has 0 radical (unpaired) electrons. The van der Waals surface area contributed by atoms with E-state index in [-0.39, 0.29) is 5.75 Å². The molecule has 2 aromatic carbocycles. The largest absolute Gasteiger partial charge is 0.507 e. The normalized spacial score (nSPS) is 10.9. The van der Waals surface area contributed by atoms with E-state index in [9.17, 15) is 5.11 Å². The molecule has 0 bridgehead atoms. The van der Waals surface area contributed by atoms with Crippen molar-refractivity contribution in [2.24, 2.45) is 0 Å². The first-order valence-electron chi connectivity index (χ1n) is 7.20. The summed E-state index contributed by atoms with van der Waals surface area (Å²) in [5.41, 5.74) is 2.78. The Balaban J connectivity index is 1.93. The minimum absolute atomic E-state index is 0.134. The molecule has 0 atom stereocenters. The van der Waals surface area contributed by atoms with Gasteiger partial charge < -0.3 is 9.63 Å². The summed E-state index contributed by atoms with van der Waals surface area (Å²) in [6.07, 6.45) is 2.17. The molecule has 6 heteroatoms. The van der Waals surface area contributed by atoms with Gasteiger partial charge in [-0.05, 0) is 52.8 Å². The highest BCUT2D eigenvalue weighted by molar-refractivity contribution is 14.1. The average Bonchev–Trinajstić information content (AvgIpc) is 3.01. The monoisotopic (exact) mass is 440 g/mol. The molecule has 0 aliphatic heterocycles. The fourth-order valence-electron chi connectivity index (χ4n) is 2.26. The van der Waals surface area contributed by atoms with Crippen molar-refractivity contribution < 1.29 is 9.63 Å². The van der Waals surface area contributed by atoms with Crippen LogP contribution in [0.4, 0.5) is 0 Å². The van der Waals surface area contributed by atoms with E-state index < -0.39 is 0 Å². The lowest BCUT2D eigenvalue weighted by Crippen LogP contribution is -1.86. The molecule has 4 nitrogen and oxygen atoms in total. The van der Waals surface area contributed by atoms with Gasteiger partial charge in [-0.2, -0.15) is 4.98 Å². The van der Waals surface area contributed by atoms with E-state index in [0.717, 1.165) is 18.4 Å². The maximum atomic E-state index is 9.67. The molecule has 118 valence electrons. The lowest BCUT2D eigenvalue weighted by atomic mass is 10.1. The highest BCUT2D eigenvalue weighted by atomic mass is 127. The number of benzene rings is 2. The number of phenolic OH excluding ortho intramolecular Hbond substituents is 1. The van der Waals surface area contributed by atoms with Crippen LogP contribution < -0.4 is 0 Å². The average molecular weight is 441 g/mol. The van der Waals surface area contributed by atoms with Gasteiger partial charge in [0.15, 0.2) is 0 Å². The van der Waals surface area contributed by atoms with Crippen LogP contribution in [0.5, 0.6) is 5.75 Å². The van der Waals surface area contributed by atoms with Crippen molar-refractivity contribution >= 4 is 34.2 Å². The summed E-state index contributed by atoms with van der Waals surface area (Å²) in [6, 6.07) is 11.3. The van der Waals surface area contributed by atoms with E-state index in [2.05, 4.69) is 29.2 Å². The topological polar surface area (TPSA) is 59.2 Å². The molecule has 3 aromatic rings. The van der Waals surface area contributed by atoms with Crippen molar-refractivity contribution in [2.75, 3.05) is 0 Å². The molecule has 0 saturated heterocycles. The Labute approximate surface area is 152 Å². The molecule has 0 aliphatic carbocycles. The zero-order valence-electron chi connectivity index (χ0n) is 12.4. The highest BCUT2D eigenvalue weighted by Crippen LogP contribution is 2.33. The molecule has 0 spiro atoms. The number of phenols is 1. The molecule has 1 heterocycles. The van der Waals surface area contributed by atoms with Crippen molar-refractivity contribution in [3.63, 3.8) is 0 Å². The second-order valence-electron chi connectivity index (χ2n) is 5.15. The molecular formula is C17H14ClIN2O2. The van der Waals surface area contributed by atoms with Crippen molar-refractivity contribution in [1.82, 2.24) is 10.1 Å². The molecule has 3 rings (SSSR count). The maximum absolute atomic E-state index is 9.67. The number of rotatable bonds is 4. The van der Waals surface area contributed by atoms with Crippen LogP contribution in [0.3, 0.4) is 0 Å². The van der Waals surface area contributed by atoms with Crippen molar-refractivity contribution in [3.8, 4) is 28.6 Å². The fraction of sp³-hybridized carbons (Fsp3) is 0.176. The number of hydrogen-bond donors (Lipinski definition) is 1.